The normalized spacial score (nSPS) is 10.2. The number of carboxylic acid groups (broad SMARTS) is 1. The molecule has 0 saturated heterocycles. The summed E-state index contributed by atoms with van der Waals surface area (Å²) in [5.41, 5.74) is 1.76. The van der Waals surface area contributed by atoms with Gasteiger partial charge in [-0.05, 0) is 35.9 Å². The molecule has 0 atom stereocenters. The van der Waals surface area contributed by atoms with Crippen LogP contribution in [0.25, 0.3) is 0 Å². The second-order valence-electron chi connectivity index (χ2n) is 11.6. The van der Waals surface area contributed by atoms with Crippen LogP contribution in [0.4, 0.5) is 22.7 Å². The third-order valence-electron chi connectivity index (χ3n) is 7.54. The van der Waals surface area contributed by atoms with Gasteiger partial charge in [0.15, 0.2) is 0 Å². The fraction of sp³-hybridized carbons (Fsp3) is 0.205. The average molecular weight is 901 g/mol. The highest BCUT2D eigenvalue weighted by atomic mass is 35.5. The number of methoxy groups -OCH3 is 5. The Morgan fingerprint density at radius 2 is 1.08 bits per heavy atom. The van der Waals surface area contributed by atoms with Gasteiger partial charge in [-0.1, -0.05) is 24.3 Å². The lowest BCUT2D eigenvalue weighted by atomic mass is 10.1. The number of halogens is 1. The number of amides is 1. The van der Waals surface area contributed by atoms with Gasteiger partial charge < -0.3 is 34.1 Å². The zero-order valence-corrected chi connectivity index (χ0v) is 34.5. The van der Waals surface area contributed by atoms with Crippen LogP contribution in [-0.2, 0) is 50.9 Å². The number of nitrogens with zero attached hydrogens (tertiary/aromatic N) is 3. The van der Waals surface area contributed by atoms with E-state index in [1.807, 2.05) is 0 Å². The number of esters is 5. The Kier molecular flexibility index (Phi) is 22.3. The van der Waals surface area contributed by atoms with Crippen LogP contribution in [0.3, 0.4) is 0 Å². The second kappa shape index (κ2) is 26.7. The quantitative estimate of drug-likeness (QED) is 0.0684. The summed E-state index contributed by atoms with van der Waals surface area (Å²) < 4.78 is 22.0. The molecule has 0 unspecified atom stereocenters. The molecule has 0 aromatic heterocycles. The van der Waals surface area contributed by atoms with Gasteiger partial charge in [-0.25, -0.2) is 19.2 Å². The summed E-state index contributed by atoms with van der Waals surface area (Å²) in [4.78, 5) is 105. The van der Waals surface area contributed by atoms with Crippen LogP contribution < -0.4 is 5.32 Å². The number of hydrogen-bond donors (Lipinski definition) is 2. The molecule has 0 bridgehead atoms. The van der Waals surface area contributed by atoms with Gasteiger partial charge in [-0.15, -0.1) is 11.6 Å². The van der Waals surface area contributed by atoms with E-state index in [1.165, 1.54) is 90.1 Å². The Morgan fingerprint density at radius 3 is 1.51 bits per heavy atom. The summed E-state index contributed by atoms with van der Waals surface area (Å²) in [6, 6.07) is 19.1. The van der Waals surface area contributed by atoms with Crippen LogP contribution in [-0.4, -0.2) is 103 Å². The predicted molar refractivity (Wildman–Crippen MR) is 217 cm³/mol. The Labute approximate surface area is 360 Å². The maximum atomic E-state index is 11.2. The van der Waals surface area contributed by atoms with Crippen LogP contribution in [0.15, 0.2) is 84.9 Å². The lowest BCUT2D eigenvalue weighted by Crippen LogP contribution is -2.08. The lowest BCUT2D eigenvalue weighted by Gasteiger charge is -2.04. The SMILES string of the molecule is COC(=O)CCl.COC(=O)Cc1ccc(C(=O)OC)cc1[N+](=O)[O-].COC(=O)c1ccc2c(c1)NC(=O)C2.COC(=O)c1cccc([N+](=O)[O-])c1.O=C(O)c1cccc([N+](=O)[O-])c1. The maximum absolute atomic E-state index is 11.2. The van der Waals surface area contributed by atoms with Crippen LogP contribution in [0.5, 0.6) is 0 Å². The van der Waals surface area contributed by atoms with Gasteiger partial charge in [0.2, 0.25) is 5.91 Å². The van der Waals surface area contributed by atoms with Gasteiger partial charge in [0.1, 0.15) is 5.88 Å². The number of nitrogens with one attached hydrogen (secondary N) is 1. The average Bonchev–Trinajstić information content (AvgIpc) is 3.67. The number of carbonyl (C=O) groups is 7. The van der Waals surface area contributed by atoms with Crippen molar-refractivity contribution in [2.45, 2.75) is 12.8 Å². The van der Waals surface area contributed by atoms with Crippen molar-refractivity contribution in [3.63, 3.8) is 0 Å². The predicted octanol–water partition coefficient (Wildman–Crippen LogP) is 5.14. The van der Waals surface area contributed by atoms with Crippen molar-refractivity contribution >= 4 is 76.1 Å². The topological polar surface area (TPSA) is 327 Å². The van der Waals surface area contributed by atoms with E-state index in [2.05, 4.69) is 29.0 Å². The molecular weight excluding hydrogens is 864 g/mol. The van der Waals surface area contributed by atoms with Crippen molar-refractivity contribution in [1.29, 1.82) is 0 Å². The zero-order chi connectivity index (χ0) is 47.8. The molecule has 1 aliphatic rings. The Morgan fingerprint density at radius 1 is 0.619 bits per heavy atom. The minimum Gasteiger partial charge on any atom is -0.478 e. The number of nitro benzene ring substituents is 3. The highest BCUT2D eigenvalue weighted by Gasteiger charge is 2.21. The van der Waals surface area contributed by atoms with Crippen molar-refractivity contribution in [2.24, 2.45) is 0 Å². The van der Waals surface area contributed by atoms with E-state index < -0.39 is 50.6 Å². The number of anilines is 1. The van der Waals surface area contributed by atoms with Gasteiger partial charge in [0, 0.05) is 41.6 Å². The third kappa shape index (κ3) is 17.8. The number of carboxylic acids is 1. The fourth-order valence-electron chi connectivity index (χ4n) is 4.49. The first-order chi connectivity index (χ1) is 29.8. The molecule has 0 fully saturated rings. The number of ether oxygens (including phenoxy) is 5. The third-order valence-corrected chi connectivity index (χ3v) is 7.76. The van der Waals surface area contributed by atoms with E-state index in [1.54, 1.807) is 18.2 Å². The number of fused-ring (bicyclic) bond motifs is 1. The number of hydrogen-bond acceptors (Lipinski definition) is 18. The van der Waals surface area contributed by atoms with Crippen molar-refractivity contribution in [1.82, 2.24) is 0 Å². The first kappa shape index (κ1) is 52.7. The summed E-state index contributed by atoms with van der Waals surface area (Å²) in [5, 5.41) is 42.5. The van der Waals surface area contributed by atoms with E-state index in [0.29, 0.717) is 17.7 Å². The van der Waals surface area contributed by atoms with Crippen molar-refractivity contribution in [3.8, 4) is 0 Å². The summed E-state index contributed by atoms with van der Waals surface area (Å²) in [6.45, 7) is 0. The highest BCUT2D eigenvalue weighted by Crippen LogP contribution is 2.24. The molecule has 5 rings (SSSR count). The highest BCUT2D eigenvalue weighted by molar-refractivity contribution is 6.26. The van der Waals surface area contributed by atoms with Gasteiger partial charge in [-0.2, -0.15) is 0 Å². The van der Waals surface area contributed by atoms with E-state index in [9.17, 15) is 63.9 Å². The molecule has 0 spiro atoms. The minimum absolute atomic E-state index is 0.0398. The Bertz CT molecular complexity index is 2320. The van der Waals surface area contributed by atoms with Crippen molar-refractivity contribution in [2.75, 3.05) is 46.7 Å². The number of benzene rings is 4. The molecule has 1 heterocycles. The number of nitro groups is 3. The van der Waals surface area contributed by atoms with E-state index in [0.717, 1.165) is 17.7 Å². The number of non-ortho nitro benzene ring substituents is 2. The molecular formula is C39H37ClN4O19. The molecule has 1 aliphatic heterocycles. The largest absolute Gasteiger partial charge is 0.478 e. The smallest absolute Gasteiger partial charge is 0.338 e. The summed E-state index contributed by atoms with van der Waals surface area (Å²) in [6.07, 6.45) is 0.158. The Hall–Kier alpha value is -8.34. The van der Waals surface area contributed by atoms with Crippen LogP contribution in [0, 0.1) is 30.3 Å². The molecule has 1 amide bonds. The molecule has 4 aromatic rings. The van der Waals surface area contributed by atoms with Crippen LogP contribution in [0.2, 0.25) is 0 Å². The molecule has 63 heavy (non-hydrogen) atoms. The number of rotatable bonds is 10. The Balaban J connectivity index is 0.000000406. The first-order valence-electron chi connectivity index (χ1n) is 17.1. The number of carbonyl (C=O) groups excluding carboxylic acids is 6. The van der Waals surface area contributed by atoms with Gasteiger partial charge in [0.05, 0.1) is 85.4 Å². The molecule has 23 nitrogen and oxygen atoms in total. The van der Waals surface area contributed by atoms with E-state index in [4.69, 9.17) is 16.7 Å². The number of alkyl halides is 1. The lowest BCUT2D eigenvalue weighted by molar-refractivity contribution is -0.385. The summed E-state index contributed by atoms with van der Waals surface area (Å²) in [5.74, 6) is -3.90. The maximum Gasteiger partial charge on any atom is 0.338 e. The zero-order valence-electron chi connectivity index (χ0n) is 33.7. The number of aromatic carboxylic acids is 1. The molecule has 2 N–H and O–H groups in total. The first-order valence-corrected chi connectivity index (χ1v) is 17.7. The van der Waals surface area contributed by atoms with E-state index in [-0.39, 0.29) is 57.5 Å². The standard InChI is InChI=1S/C11H11NO6.C10H9NO3.C8H7NO4.C7H5NO4.C3H5ClO2/c1-17-10(13)6-7-3-4-8(11(14)18-2)5-9(7)12(15)16;1-14-10(13)7-3-2-6-5-9(12)11-8(6)4-7;1-13-8(10)6-3-2-4-7(5-6)9(11)12;9-7(10)5-2-1-3-6(4-5)8(11)12;1-6-3(5)2-4/h3-5H,6H2,1-2H3;2-4H,5H2,1H3,(H,11,12);2-5H,1H3;1-4H,(H,9,10);2H2,1H3. The molecule has 334 valence electrons. The molecule has 0 saturated carbocycles. The second-order valence-corrected chi connectivity index (χ2v) is 11.8. The minimum atomic E-state index is -1.17. The van der Waals surface area contributed by atoms with Crippen molar-refractivity contribution < 1.29 is 77.1 Å². The van der Waals surface area contributed by atoms with Gasteiger partial charge >= 0.3 is 35.8 Å². The van der Waals surface area contributed by atoms with E-state index >= 15 is 0 Å². The van der Waals surface area contributed by atoms with Crippen molar-refractivity contribution in [3.05, 3.63) is 149 Å². The van der Waals surface area contributed by atoms with Crippen LogP contribution in [0.1, 0.15) is 52.6 Å². The monoisotopic (exact) mass is 900 g/mol. The summed E-state index contributed by atoms with van der Waals surface area (Å²) >= 11 is 4.98. The van der Waals surface area contributed by atoms with Gasteiger partial charge in [0.25, 0.3) is 17.1 Å². The molecule has 4 aromatic carbocycles. The molecule has 0 aliphatic carbocycles. The molecule has 24 heteroatoms. The van der Waals surface area contributed by atoms with Crippen LogP contribution >= 0.6 is 11.6 Å². The van der Waals surface area contributed by atoms with Gasteiger partial charge in [-0.3, -0.25) is 44.7 Å². The fourth-order valence-corrected chi connectivity index (χ4v) is 4.60. The summed E-state index contributed by atoms with van der Waals surface area (Å²) in [7, 11) is 6.22. The molecule has 0 radical (unpaired) electrons.